The highest BCUT2D eigenvalue weighted by Gasteiger charge is 2.20. The Balaban J connectivity index is 2.52. The van der Waals surface area contributed by atoms with Gasteiger partial charge in [0.25, 0.3) is 0 Å². The van der Waals surface area contributed by atoms with Crippen molar-refractivity contribution in [2.75, 3.05) is 7.11 Å². The third kappa shape index (κ3) is 2.84. The lowest BCUT2D eigenvalue weighted by molar-refractivity contribution is 0.0623. The van der Waals surface area contributed by atoms with Crippen molar-refractivity contribution in [1.82, 2.24) is 0 Å². The molecule has 0 bridgehead atoms. The number of nitrogens with zero attached hydrogens (tertiary/aromatic N) is 1. The highest BCUT2D eigenvalue weighted by atomic mass is 16.5. The molecule has 0 saturated carbocycles. The number of oxime groups is 1. The predicted octanol–water partition coefficient (Wildman–Crippen LogP) is 2.21. The molecular formula is C10H17NO2. The lowest BCUT2D eigenvalue weighted by Crippen LogP contribution is -2.22. The Bertz CT molecular complexity index is 211. The van der Waals surface area contributed by atoms with Gasteiger partial charge in [-0.2, -0.15) is 0 Å². The van der Waals surface area contributed by atoms with Gasteiger partial charge < -0.3 is 9.94 Å². The minimum atomic E-state index is 0.288. The van der Waals surface area contributed by atoms with Crippen LogP contribution in [0.1, 0.15) is 26.2 Å². The van der Waals surface area contributed by atoms with E-state index < -0.39 is 0 Å². The molecular weight excluding hydrogens is 166 g/mol. The smallest absolute Gasteiger partial charge is 0.0690 e. The summed E-state index contributed by atoms with van der Waals surface area (Å²) in [6, 6.07) is 0. The maximum Gasteiger partial charge on any atom is 0.0690 e. The molecule has 0 aromatic heterocycles. The SMILES string of the molecule is COC(C)C1CCC=C(C=NO)C1. The Hall–Kier alpha value is -0.830. The molecule has 13 heavy (non-hydrogen) atoms. The van der Waals surface area contributed by atoms with Crippen LogP contribution in [0.5, 0.6) is 0 Å². The summed E-state index contributed by atoms with van der Waals surface area (Å²) in [6.07, 6.45) is 7.11. The average molecular weight is 183 g/mol. The fourth-order valence-electron chi connectivity index (χ4n) is 1.74. The van der Waals surface area contributed by atoms with Crippen LogP contribution in [-0.2, 0) is 4.74 Å². The number of ether oxygens (including phenoxy) is 1. The summed E-state index contributed by atoms with van der Waals surface area (Å²) in [6.45, 7) is 2.09. The normalized spacial score (nSPS) is 26.0. The molecule has 0 aromatic carbocycles. The van der Waals surface area contributed by atoms with E-state index in [0.29, 0.717) is 5.92 Å². The van der Waals surface area contributed by atoms with Gasteiger partial charge in [0.05, 0.1) is 12.3 Å². The quantitative estimate of drug-likeness (QED) is 0.414. The van der Waals surface area contributed by atoms with Gasteiger partial charge in [-0.1, -0.05) is 11.2 Å². The first kappa shape index (κ1) is 10.3. The first-order valence-electron chi connectivity index (χ1n) is 4.67. The molecule has 0 heterocycles. The van der Waals surface area contributed by atoms with Gasteiger partial charge in [-0.05, 0) is 37.7 Å². The summed E-state index contributed by atoms with van der Waals surface area (Å²) in [4.78, 5) is 0. The molecule has 1 N–H and O–H groups in total. The van der Waals surface area contributed by atoms with E-state index in [9.17, 15) is 0 Å². The zero-order valence-electron chi connectivity index (χ0n) is 8.23. The molecule has 1 aliphatic rings. The second kappa shape index (κ2) is 5.02. The Morgan fingerprint density at radius 1 is 1.77 bits per heavy atom. The van der Waals surface area contributed by atoms with Crippen molar-refractivity contribution in [3.8, 4) is 0 Å². The molecule has 3 nitrogen and oxygen atoms in total. The van der Waals surface area contributed by atoms with Crippen LogP contribution in [0.3, 0.4) is 0 Å². The molecule has 1 aliphatic carbocycles. The van der Waals surface area contributed by atoms with Crippen LogP contribution in [0.2, 0.25) is 0 Å². The van der Waals surface area contributed by atoms with Gasteiger partial charge in [-0.15, -0.1) is 0 Å². The first-order chi connectivity index (χ1) is 6.27. The Labute approximate surface area is 79.1 Å². The Morgan fingerprint density at radius 2 is 2.54 bits per heavy atom. The lowest BCUT2D eigenvalue weighted by Gasteiger charge is -2.25. The molecule has 0 aliphatic heterocycles. The topological polar surface area (TPSA) is 41.8 Å². The van der Waals surface area contributed by atoms with Crippen molar-refractivity contribution < 1.29 is 9.94 Å². The van der Waals surface area contributed by atoms with Crippen LogP contribution in [0.25, 0.3) is 0 Å². The maximum absolute atomic E-state index is 8.40. The maximum atomic E-state index is 8.40. The minimum absolute atomic E-state index is 0.288. The molecule has 2 atom stereocenters. The molecule has 0 amide bonds. The number of hydrogen-bond acceptors (Lipinski definition) is 3. The average Bonchev–Trinajstić information content (AvgIpc) is 2.18. The summed E-state index contributed by atoms with van der Waals surface area (Å²) in [5, 5.41) is 11.4. The fraction of sp³-hybridized carbons (Fsp3) is 0.700. The van der Waals surface area contributed by atoms with Gasteiger partial charge in [-0.25, -0.2) is 0 Å². The van der Waals surface area contributed by atoms with Gasteiger partial charge in [0.1, 0.15) is 0 Å². The molecule has 0 spiro atoms. The van der Waals surface area contributed by atoms with Crippen LogP contribution in [0, 0.1) is 5.92 Å². The minimum Gasteiger partial charge on any atom is -0.411 e. The van der Waals surface area contributed by atoms with Crippen LogP contribution >= 0.6 is 0 Å². The van der Waals surface area contributed by atoms with E-state index in [1.165, 1.54) is 6.21 Å². The van der Waals surface area contributed by atoms with Crippen molar-refractivity contribution in [2.24, 2.45) is 11.1 Å². The summed E-state index contributed by atoms with van der Waals surface area (Å²) >= 11 is 0. The van der Waals surface area contributed by atoms with E-state index in [4.69, 9.17) is 9.94 Å². The highest BCUT2D eigenvalue weighted by Crippen LogP contribution is 2.26. The largest absolute Gasteiger partial charge is 0.411 e. The number of hydrogen-bond donors (Lipinski definition) is 1. The van der Waals surface area contributed by atoms with E-state index in [1.807, 2.05) is 0 Å². The summed E-state index contributed by atoms with van der Waals surface area (Å²) < 4.78 is 5.28. The first-order valence-corrected chi connectivity index (χ1v) is 4.67. The van der Waals surface area contributed by atoms with E-state index in [2.05, 4.69) is 18.2 Å². The molecule has 74 valence electrons. The third-order valence-electron chi connectivity index (χ3n) is 2.70. The van der Waals surface area contributed by atoms with Gasteiger partial charge in [0, 0.05) is 7.11 Å². The highest BCUT2D eigenvalue weighted by molar-refractivity contribution is 5.78. The number of rotatable bonds is 3. The van der Waals surface area contributed by atoms with Crippen LogP contribution in [0.4, 0.5) is 0 Å². The summed E-state index contributed by atoms with van der Waals surface area (Å²) in [5.74, 6) is 0.558. The zero-order valence-corrected chi connectivity index (χ0v) is 8.23. The van der Waals surface area contributed by atoms with Gasteiger partial charge >= 0.3 is 0 Å². The van der Waals surface area contributed by atoms with Crippen molar-refractivity contribution in [3.63, 3.8) is 0 Å². The number of methoxy groups -OCH3 is 1. The van der Waals surface area contributed by atoms with Crippen molar-refractivity contribution >= 4 is 6.21 Å². The third-order valence-corrected chi connectivity index (χ3v) is 2.70. The Kier molecular flexibility index (Phi) is 3.96. The molecule has 1 rings (SSSR count). The van der Waals surface area contributed by atoms with E-state index in [-0.39, 0.29) is 6.10 Å². The second-order valence-electron chi connectivity index (χ2n) is 3.51. The molecule has 2 unspecified atom stereocenters. The van der Waals surface area contributed by atoms with Gasteiger partial charge in [0.2, 0.25) is 0 Å². The predicted molar refractivity (Wildman–Crippen MR) is 52.2 cm³/mol. The monoisotopic (exact) mass is 183 g/mol. The van der Waals surface area contributed by atoms with Crippen LogP contribution in [-0.4, -0.2) is 24.6 Å². The molecule has 0 radical (unpaired) electrons. The van der Waals surface area contributed by atoms with Crippen LogP contribution in [0.15, 0.2) is 16.8 Å². The van der Waals surface area contributed by atoms with E-state index in [0.717, 1.165) is 24.8 Å². The second-order valence-corrected chi connectivity index (χ2v) is 3.51. The fourth-order valence-corrected chi connectivity index (χ4v) is 1.74. The Morgan fingerprint density at radius 3 is 3.15 bits per heavy atom. The van der Waals surface area contributed by atoms with Crippen LogP contribution < -0.4 is 0 Å². The summed E-state index contributed by atoms with van der Waals surface area (Å²) in [5.41, 5.74) is 1.11. The number of allylic oxidation sites excluding steroid dienone is 2. The van der Waals surface area contributed by atoms with Crippen molar-refractivity contribution in [1.29, 1.82) is 0 Å². The summed E-state index contributed by atoms with van der Waals surface area (Å²) in [7, 11) is 1.74. The van der Waals surface area contributed by atoms with Crippen molar-refractivity contribution in [3.05, 3.63) is 11.6 Å². The zero-order chi connectivity index (χ0) is 9.68. The van der Waals surface area contributed by atoms with Gasteiger partial charge in [0.15, 0.2) is 0 Å². The van der Waals surface area contributed by atoms with E-state index >= 15 is 0 Å². The molecule has 0 fully saturated rings. The molecule has 0 aromatic rings. The van der Waals surface area contributed by atoms with E-state index in [1.54, 1.807) is 7.11 Å². The molecule has 3 heteroatoms. The van der Waals surface area contributed by atoms with Gasteiger partial charge in [-0.3, -0.25) is 0 Å². The lowest BCUT2D eigenvalue weighted by atomic mass is 9.86. The van der Waals surface area contributed by atoms with Crippen molar-refractivity contribution in [2.45, 2.75) is 32.3 Å². The molecule has 0 saturated heterocycles. The standard InChI is InChI=1S/C10H17NO2/c1-8(13-2)10-5-3-4-9(6-10)7-11-12/h4,7-8,10,12H,3,5-6H2,1-2H3.